The van der Waals surface area contributed by atoms with Crippen LogP contribution in [0.3, 0.4) is 0 Å². The number of ketones is 1. The van der Waals surface area contributed by atoms with E-state index in [1.54, 1.807) is 6.92 Å². The number of carbonyl (C=O) groups is 1. The molecule has 0 aliphatic rings. The predicted octanol–water partition coefficient (Wildman–Crippen LogP) is 0.221. The highest BCUT2D eigenvalue weighted by Crippen LogP contribution is 2.18. The first-order chi connectivity index (χ1) is 8.91. The van der Waals surface area contributed by atoms with Crippen LogP contribution >= 0.6 is 12.6 Å². The molecule has 0 aromatic rings. The molecule has 0 radical (unpaired) electrons. The van der Waals surface area contributed by atoms with Crippen LogP contribution in [0.1, 0.15) is 20.3 Å². The van der Waals surface area contributed by atoms with Crippen LogP contribution in [0, 0.1) is 5.92 Å². The molecule has 0 saturated heterocycles. The Morgan fingerprint density at radius 3 is 1.85 bits per heavy atom. The monoisotopic (exact) mass is 348 g/mol. The average Bonchev–Trinajstić information content (AvgIpc) is 2.28. The maximum absolute atomic E-state index is 12.1. The molecule has 0 aromatic heterocycles. The largest absolute Gasteiger partial charge is 0.296 e. The van der Waals surface area contributed by atoms with Crippen LogP contribution in [0.2, 0.25) is 0 Å². The van der Waals surface area contributed by atoms with Gasteiger partial charge >= 0.3 is 0 Å². The first-order valence-corrected chi connectivity index (χ1v) is 10.1. The van der Waals surface area contributed by atoms with E-state index in [1.807, 2.05) is 0 Å². The van der Waals surface area contributed by atoms with Gasteiger partial charge in [0.1, 0.15) is 6.10 Å². The fraction of sp³-hybridized carbons (Fsp3) is 0.900. The van der Waals surface area contributed by atoms with E-state index in [1.165, 1.54) is 6.92 Å². The van der Waals surface area contributed by atoms with Gasteiger partial charge in [-0.25, -0.2) is 0 Å². The minimum atomic E-state index is -3.78. The van der Waals surface area contributed by atoms with Gasteiger partial charge in [-0.3, -0.25) is 13.2 Å². The topological polar surface area (TPSA) is 104 Å². The molecule has 0 heterocycles. The smallest absolute Gasteiger partial charge is 0.265 e. The van der Waals surface area contributed by atoms with Crippen molar-refractivity contribution in [2.45, 2.75) is 32.5 Å². The lowest BCUT2D eigenvalue weighted by Gasteiger charge is -2.23. The van der Waals surface area contributed by atoms with E-state index in [-0.39, 0.29) is 12.2 Å². The molecule has 3 atom stereocenters. The third kappa shape index (κ3) is 7.58. The molecular weight excluding hydrogens is 328 g/mol. The van der Waals surface area contributed by atoms with Gasteiger partial charge < -0.3 is 0 Å². The van der Waals surface area contributed by atoms with E-state index in [4.69, 9.17) is 4.18 Å². The first-order valence-electron chi connectivity index (χ1n) is 5.82. The lowest BCUT2D eigenvalue weighted by molar-refractivity contribution is -0.131. The molecular formula is C10H20O7S3. The summed E-state index contributed by atoms with van der Waals surface area (Å²) in [6, 6.07) is 0. The normalized spacial score (nSPS) is 17.4. The molecule has 0 saturated carbocycles. The maximum atomic E-state index is 12.1. The Labute approximate surface area is 125 Å². The van der Waals surface area contributed by atoms with Crippen molar-refractivity contribution < 1.29 is 30.0 Å². The van der Waals surface area contributed by atoms with Gasteiger partial charge in [0.05, 0.1) is 18.6 Å². The van der Waals surface area contributed by atoms with Gasteiger partial charge in [0.2, 0.25) is 0 Å². The Balaban J connectivity index is 5.04. The highest BCUT2D eigenvalue weighted by atomic mass is 32.2. The van der Waals surface area contributed by atoms with Gasteiger partial charge in [-0.05, 0) is 6.42 Å². The standard InChI is InChI=1S/C10H20O7S3/c1-5-8(16-19(3,12)13)10(11)7(2)9(6-18)17-20(4,14)15/h7-9,18H,5-6H2,1-4H3. The number of rotatable bonds is 9. The van der Waals surface area contributed by atoms with Crippen molar-refractivity contribution >= 4 is 38.6 Å². The molecule has 0 N–H and O–H groups in total. The molecule has 0 amide bonds. The number of carbonyl (C=O) groups excluding carboxylic acids is 1. The number of thiol groups is 1. The van der Waals surface area contributed by atoms with Crippen molar-refractivity contribution in [1.29, 1.82) is 0 Å². The van der Waals surface area contributed by atoms with E-state index < -0.39 is 44.1 Å². The molecule has 0 aromatic carbocycles. The van der Waals surface area contributed by atoms with E-state index in [0.29, 0.717) is 0 Å². The molecule has 0 bridgehead atoms. The third-order valence-corrected chi connectivity index (χ3v) is 4.00. The zero-order valence-corrected chi connectivity index (χ0v) is 14.3. The van der Waals surface area contributed by atoms with Gasteiger partial charge in [-0.15, -0.1) is 0 Å². The van der Waals surface area contributed by atoms with Crippen LogP contribution < -0.4 is 0 Å². The Hall–Kier alpha value is -0.160. The molecule has 120 valence electrons. The van der Waals surface area contributed by atoms with Crippen molar-refractivity contribution in [3.05, 3.63) is 0 Å². The van der Waals surface area contributed by atoms with Crippen LogP contribution in [0.4, 0.5) is 0 Å². The van der Waals surface area contributed by atoms with Gasteiger partial charge in [-0.1, -0.05) is 13.8 Å². The second-order valence-corrected chi connectivity index (χ2v) is 7.98. The van der Waals surface area contributed by atoms with Crippen molar-refractivity contribution in [3.8, 4) is 0 Å². The molecule has 3 unspecified atom stereocenters. The van der Waals surface area contributed by atoms with Crippen molar-refractivity contribution in [1.82, 2.24) is 0 Å². The average molecular weight is 348 g/mol. The zero-order chi connectivity index (χ0) is 16.1. The summed E-state index contributed by atoms with van der Waals surface area (Å²) in [5.74, 6) is -1.41. The highest BCUT2D eigenvalue weighted by molar-refractivity contribution is 7.86. The summed E-state index contributed by atoms with van der Waals surface area (Å²) < 4.78 is 53.8. The third-order valence-electron chi connectivity index (χ3n) is 2.46. The second-order valence-electron chi connectivity index (χ2n) is 4.41. The van der Waals surface area contributed by atoms with E-state index in [0.717, 1.165) is 12.5 Å². The molecule has 0 rings (SSSR count). The fourth-order valence-electron chi connectivity index (χ4n) is 1.50. The van der Waals surface area contributed by atoms with Crippen LogP contribution in [0.15, 0.2) is 0 Å². The van der Waals surface area contributed by atoms with E-state index in [2.05, 4.69) is 16.8 Å². The van der Waals surface area contributed by atoms with Gasteiger partial charge in [0, 0.05) is 11.7 Å². The predicted molar refractivity (Wildman–Crippen MR) is 77.7 cm³/mol. The van der Waals surface area contributed by atoms with E-state index >= 15 is 0 Å². The molecule has 0 spiro atoms. The Morgan fingerprint density at radius 1 is 1.10 bits per heavy atom. The Kier molecular flexibility index (Phi) is 7.67. The minimum Gasteiger partial charge on any atom is -0.296 e. The summed E-state index contributed by atoms with van der Waals surface area (Å²) in [7, 11) is -7.52. The van der Waals surface area contributed by atoms with Crippen LogP contribution in [0.5, 0.6) is 0 Å². The summed E-state index contributed by atoms with van der Waals surface area (Å²) in [6.45, 7) is 3.04. The fourth-order valence-corrected chi connectivity index (χ4v) is 3.33. The second kappa shape index (κ2) is 7.74. The summed E-state index contributed by atoms with van der Waals surface area (Å²) in [4.78, 5) is 12.1. The highest BCUT2D eigenvalue weighted by Gasteiger charge is 2.33. The van der Waals surface area contributed by atoms with Crippen LogP contribution in [-0.4, -0.2) is 53.1 Å². The first kappa shape index (κ1) is 19.8. The minimum absolute atomic E-state index is 0.00468. The zero-order valence-electron chi connectivity index (χ0n) is 11.8. The molecule has 20 heavy (non-hydrogen) atoms. The van der Waals surface area contributed by atoms with Gasteiger partial charge in [0.25, 0.3) is 20.2 Å². The lowest BCUT2D eigenvalue weighted by atomic mass is 9.96. The SMILES string of the molecule is CCC(OS(C)(=O)=O)C(=O)C(C)C(CS)OS(C)(=O)=O. The molecule has 7 nitrogen and oxygen atoms in total. The molecule has 0 aliphatic heterocycles. The summed E-state index contributed by atoms with van der Waals surface area (Å²) >= 11 is 3.94. The molecule has 10 heteroatoms. The van der Waals surface area contributed by atoms with E-state index in [9.17, 15) is 21.6 Å². The summed E-state index contributed by atoms with van der Waals surface area (Å²) in [5, 5.41) is 0. The van der Waals surface area contributed by atoms with Crippen molar-refractivity contribution in [3.63, 3.8) is 0 Å². The maximum Gasteiger partial charge on any atom is 0.265 e. The number of hydrogen-bond acceptors (Lipinski definition) is 8. The van der Waals surface area contributed by atoms with Crippen molar-refractivity contribution in [2.24, 2.45) is 5.92 Å². The Morgan fingerprint density at radius 2 is 1.55 bits per heavy atom. The van der Waals surface area contributed by atoms with Crippen LogP contribution in [0.25, 0.3) is 0 Å². The van der Waals surface area contributed by atoms with Crippen LogP contribution in [-0.2, 0) is 33.4 Å². The molecule has 0 fully saturated rings. The molecule has 0 aliphatic carbocycles. The summed E-state index contributed by atoms with van der Waals surface area (Å²) in [6.07, 6.45) is -0.278. The summed E-state index contributed by atoms with van der Waals surface area (Å²) in [5.41, 5.74) is 0. The number of hydrogen-bond donors (Lipinski definition) is 1. The Bertz CT molecular complexity index is 523. The van der Waals surface area contributed by atoms with Crippen molar-refractivity contribution in [2.75, 3.05) is 18.3 Å². The van der Waals surface area contributed by atoms with Gasteiger partial charge in [-0.2, -0.15) is 29.5 Å². The lowest BCUT2D eigenvalue weighted by Crippen LogP contribution is -2.39. The number of Topliss-reactive ketones (excluding diaryl/α,β-unsaturated/α-hetero) is 1. The van der Waals surface area contributed by atoms with Gasteiger partial charge in [0.15, 0.2) is 5.78 Å². The quantitative estimate of drug-likeness (QED) is 0.469.